The highest BCUT2D eigenvalue weighted by Gasteiger charge is 2.12. The summed E-state index contributed by atoms with van der Waals surface area (Å²) in [7, 11) is 3.49. The van der Waals surface area contributed by atoms with Crippen LogP contribution in [0.2, 0.25) is 0 Å². The average molecular weight is 181 g/mol. The van der Waals surface area contributed by atoms with Crippen LogP contribution in [0, 0.1) is 0 Å². The smallest absolute Gasteiger partial charge is 0.131 e. The fourth-order valence-corrected chi connectivity index (χ4v) is 2.82. The number of hydrogen-bond donors (Lipinski definition) is 0. The quantitative estimate of drug-likeness (QED) is 0.617. The van der Waals surface area contributed by atoms with Gasteiger partial charge < -0.3 is 0 Å². The lowest BCUT2D eigenvalue weighted by molar-refractivity contribution is 1.06. The average Bonchev–Trinajstić information content (AvgIpc) is 2.58. The lowest BCUT2D eigenvalue weighted by atomic mass is 10.2. The van der Waals surface area contributed by atoms with Crippen LogP contribution in [0.3, 0.4) is 0 Å². The third-order valence-electron chi connectivity index (χ3n) is 1.47. The van der Waals surface area contributed by atoms with Crippen molar-refractivity contribution in [3.05, 3.63) is 35.9 Å². The van der Waals surface area contributed by atoms with Gasteiger partial charge in [0.2, 0.25) is 0 Å². The summed E-state index contributed by atoms with van der Waals surface area (Å²) in [5, 5.41) is 0.321. The van der Waals surface area contributed by atoms with Crippen LogP contribution in [0.1, 0.15) is 10.9 Å². The molecule has 1 atom stereocenters. The second-order valence-corrected chi connectivity index (χ2v) is 4.41. The molecule has 0 fully saturated rings. The summed E-state index contributed by atoms with van der Waals surface area (Å²) in [6, 6.07) is 10.4. The summed E-state index contributed by atoms with van der Waals surface area (Å²) in [5.41, 5.74) is 3.20. The van der Waals surface area contributed by atoms with Crippen LogP contribution in [0.25, 0.3) is 0 Å². The van der Waals surface area contributed by atoms with Crippen molar-refractivity contribution in [3.63, 3.8) is 0 Å². The van der Waals surface area contributed by atoms with Gasteiger partial charge in [0.1, 0.15) is 5.37 Å². The lowest BCUT2D eigenvalue weighted by Gasteiger charge is -2.03. The van der Waals surface area contributed by atoms with Gasteiger partial charge in [-0.2, -0.15) is 0 Å². The van der Waals surface area contributed by atoms with Crippen molar-refractivity contribution in [2.24, 2.45) is 4.99 Å². The SMILES string of the molecule is C1=NC(c2ccccc2)SS1. The largest absolute Gasteiger partial charge is 0.266 e. The minimum atomic E-state index is 0.321. The van der Waals surface area contributed by atoms with Crippen LogP contribution in [-0.4, -0.2) is 5.55 Å². The summed E-state index contributed by atoms with van der Waals surface area (Å²) in [4.78, 5) is 4.31. The molecule has 0 aliphatic carbocycles. The Morgan fingerprint density at radius 3 is 2.64 bits per heavy atom. The monoisotopic (exact) mass is 181 g/mol. The fourth-order valence-electron chi connectivity index (χ4n) is 0.942. The van der Waals surface area contributed by atoms with Gasteiger partial charge in [-0.05, 0) is 16.4 Å². The van der Waals surface area contributed by atoms with Crippen molar-refractivity contribution in [2.75, 3.05) is 0 Å². The number of benzene rings is 1. The van der Waals surface area contributed by atoms with E-state index in [0.717, 1.165) is 0 Å². The first kappa shape index (κ1) is 7.25. The Morgan fingerprint density at radius 1 is 1.18 bits per heavy atom. The standard InChI is InChI=1S/C8H7NS2/c1-2-4-7(5-3-1)8-9-6-10-11-8/h1-6,8H. The third kappa shape index (κ3) is 1.60. The molecule has 0 spiro atoms. The van der Waals surface area contributed by atoms with Crippen molar-refractivity contribution in [2.45, 2.75) is 5.37 Å². The third-order valence-corrected chi connectivity index (χ3v) is 3.50. The van der Waals surface area contributed by atoms with E-state index in [0.29, 0.717) is 5.37 Å². The molecule has 2 rings (SSSR count). The zero-order valence-electron chi connectivity index (χ0n) is 5.81. The molecule has 0 amide bonds. The summed E-state index contributed by atoms with van der Waals surface area (Å²) < 4.78 is 0. The van der Waals surface area contributed by atoms with Gasteiger partial charge in [-0.15, -0.1) is 0 Å². The molecule has 1 unspecified atom stereocenters. The van der Waals surface area contributed by atoms with Gasteiger partial charge >= 0.3 is 0 Å². The van der Waals surface area contributed by atoms with Gasteiger partial charge in [-0.3, -0.25) is 4.99 Å². The predicted molar refractivity (Wildman–Crippen MR) is 52.9 cm³/mol. The van der Waals surface area contributed by atoms with E-state index < -0.39 is 0 Å². The molecule has 1 aromatic rings. The summed E-state index contributed by atoms with van der Waals surface area (Å²) in [6.07, 6.45) is 0. The topological polar surface area (TPSA) is 12.4 Å². The molecular weight excluding hydrogens is 174 g/mol. The number of nitrogens with zero attached hydrogens (tertiary/aromatic N) is 1. The lowest BCUT2D eigenvalue weighted by Crippen LogP contribution is -1.83. The molecule has 0 aromatic heterocycles. The van der Waals surface area contributed by atoms with E-state index in [1.54, 1.807) is 21.6 Å². The Labute approximate surface area is 73.7 Å². The van der Waals surface area contributed by atoms with Gasteiger partial charge in [0, 0.05) is 0 Å². The van der Waals surface area contributed by atoms with Crippen LogP contribution in [0.4, 0.5) is 0 Å². The molecule has 0 N–H and O–H groups in total. The zero-order valence-corrected chi connectivity index (χ0v) is 7.44. The Bertz CT molecular complexity index is 258. The van der Waals surface area contributed by atoms with E-state index in [4.69, 9.17) is 0 Å². The summed E-state index contributed by atoms with van der Waals surface area (Å²) in [5.74, 6) is 0. The van der Waals surface area contributed by atoms with Crippen LogP contribution in [0.5, 0.6) is 0 Å². The number of rotatable bonds is 1. The Morgan fingerprint density at radius 2 is 2.00 bits per heavy atom. The normalized spacial score (nSPS) is 22.4. The Kier molecular flexibility index (Phi) is 2.19. The number of hydrogen-bond acceptors (Lipinski definition) is 3. The number of aliphatic imine (C=N–C) groups is 1. The highest BCUT2D eigenvalue weighted by molar-refractivity contribution is 8.82. The maximum atomic E-state index is 4.31. The van der Waals surface area contributed by atoms with Crippen LogP contribution in [-0.2, 0) is 0 Å². The Hall–Kier alpha value is -0.410. The van der Waals surface area contributed by atoms with Crippen LogP contribution < -0.4 is 0 Å². The fraction of sp³-hybridized carbons (Fsp3) is 0.125. The Balaban J connectivity index is 2.23. The molecule has 0 saturated carbocycles. The maximum Gasteiger partial charge on any atom is 0.131 e. The van der Waals surface area contributed by atoms with E-state index in [9.17, 15) is 0 Å². The van der Waals surface area contributed by atoms with Gasteiger partial charge in [-0.25, -0.2) is 0 Å². The summed E-state index contributed by atoms with van der Waals surface area (Å²) >= 11 is 0. The predicted octanol–water partition coefficient (Wildman–Crippen LogP) is 3.11. The van der Waals surface area contributed by atoms with Gasteiger partial charge in [0.25, 0.3) is 0 Å². The molecule has 1 aliphatic rings. The molecule has 1 aromatic carbocycles. The van der Waals surface area contributed by atoms with Crippen LogP contribution in [0.15, 0.2) is 35.3 Å². The van der Waals surface area contributed by atoms with E-state index >= 15 is 0 Å². The van der Waals surface area contributed by atoms with Crippen molar-refractivity contribution in [1.29, 1.82) is 0 Å². The molecule has 1 nitrogen and oxygen atoms in total. The molecule has 0 radical (unpaired) electrons. The van der Waals surface area contributed by atoms with Crippen LogP contribution >= 0.6 is 21.6 Å². The minimum Gasteiger partial charge on any atom is -0.266 e. The maximum absolute atomic E-state index is 4.31. The summed E-state index contributed by atoms with van der Waals surface area (Å²) in [6.45, 7) is 0. The second kappa shape index (κ2) is 3.32. The molecule has 1 aliphatic heterocycles. The van der Waals surface area contributed by atoms with E-state index in [-0.39, 0.29) is 0 Å². The molecule has 56 valence electrons. The van der Waals surface area contributed by atoms with Gasteiger partial charge in [0.05, 0.1) is 5.55 Å². The molecule has 3 heteroatoms. The second-order valence-electron chi connectivity index (χ2n) is 2.21. The highest BCUT2D eigenvalue weighted by Crippen LogP contribution is 2.42. The zero-order chi connectivity index (χ0) is 7.52. The van der Waals surface area contributed by atoms with Gasteiger partial charge in [0.15, 0.2) is 0 Å². The minimum absolute atomic E-state index is 0.321. The van der Waals surface area contributed by atoms with Crippen molar-refractivity contribution >= 4 is 27.1 Å². The van der Waals surface area contributed by atoms with E-state index in [1.807, 2.05) is 11.6 Å². The first-order chi connectivity index (χ1) is 5.47. The van der Waals surface area contributed by atoms with Crippen molar-refractivity contribution in [3.8, 4) is 0 Å². The highest BCUT2D eigenvalue weighted by atomic mass is 33.1. The van der Waals surface area contributed by atoms with E-state index in [1.165, 1.54) is 5.56 Å². The first-order valence-corrected chi connectivity index (χ1v) is 5.63. The van der Waals surface area contributed by atoms with Crippen molar-refractivity contribution in [1.82, 2.24) is 0 Å². The first-order valence-electron chi connectivity index (χ1n) is 3.35. The molecule has 11 heavy (non-hydrogen) atoms. The molecule has 1 heterocycles. The van der Waals surface area contributed by atoms with Crippen molar-refractivity contribution < 1.29 is 0 Å². The molecule has 0 bridgehead atoms. The van der Waals surface area contributed by atoms with E-state index in [2.05, 4.69) is 29.3 Å². The van der Waals surface area contributed by atoms with Gasteiger partial charge in [-0.1, -0.05) is 41.1 Å². The molecule has 0 saturated heterocycles. The molecular formula is C8H7NS2.